The molecule has 0 bridgehead atoms. The molecule has 0 saturated carbocycles. The lowest BCUT2D eigenvalue weighted by Gasteiger charge is -2.23. The van der Waals surface area contributed by atoms with Crippen LogP contribution in [0.2, 0.25) is 0 Å². The van der Waals surface area contributed by atoms with Gasteiger partial charge in [0.05, 0.1) is 0 Å². The smallest absolute Gasteiger partial charge is 0.326 e. The Bertz CT molecular complexity index is 482. The van der Waals surface area contributed by atoms with Crippen LogP contribution in [0.25, 0.3) is 0 Å². The molecule has 0 aliphatic rings. The SMILES string of the molecule is CSCC[C@H](NC(=O)[C@H](CCSC)NC(=O)[C@@H](CCSC)NC=O)C(=O)O. The molecule has 0 aliphatic heterocycles. The van der Waals surface area contributed by atoms with E-state index in [1.807, 2.05) is 18.8 Å². The third-order valence-electron chi connectivity index (χ3n) is 3.67. The van der Waals surface area contributed by atoms with Crippen LogP contribution >= 0.6 is 35.3 Å². The van der Waals surface area contributed by atoms with Crippen LogP contribution in [0.15, 0.2) is 0 Å². The second-order valence-electron chi connectivity index (χ2n) is 5.64. The van der Waals surface area contributed by atoms with Crippen LogP contribution in [-0.2, 0) is 19.2 Å². The van der Waals surface area contributed by atoms with Crippen molar-refractivity contribution in [3.8, 4) is 0 Å². The average Bonchev–Trinajstić information content (AvgIpc) is 2.64. The predicted octanol–water partition coefficient (Wildman–Crippen LogP) is 0.415. The Balaban J connectivity index is 5.05. The highest BCUT2D eigenvalue weighted by atomic mass is 32.2. The van der Waals surface area contributed by atoms with Crippen LogP contribution in [0.5, 0.6) is 0 Å². The number of carboxylic acid groups (broad SMARTS) is 1. The minimum atomic E-state index is -1.10. The molecule has 0 aromatic rings. The standard InChI is InChI=1S/C16H29N3O5S3/c1-25-7-4-11(17-10-20)14(21)18-12(5-8-26-2)15(22)19-13(16(23)24)6-9-27-3/h10-13H,4-9H2,1-3H3,(H,17,20)(H,18,21)(H,19,22)(H,23,24)/t11-,12+,13+/m1/s1. The van der Waals surface area contributed by atoms with E-state index in [4.69, 9.17) is 0 Å². The van der Waals surface area contributed by atoms with E-state index in [1.54, 1.807) is 11.8 Å². The second-order valence-corrected chi connectivity index (χ2v) is 8.60. The van der Waals surface area contributed by atoms with Gasteiger partial charge in [-0.2, -0.15) is 35.3 Å². The third-order valence-corrected chi connectivity index (χ3v) is 5.60. The first-order chi connectivity index (χ1) is 12.9. The zero-order chi connectivity index (χ0) is 20.7. The molecule has 156 valence electrons. The number of rotatable bonds is 16. The normalized spacial score (nSPS) is 13.9. The molecule has 27 heavy (non-hydrogen) atoms. The van der Waals surface area contributed by atoms with Crippen LogP contribution in [0.1, 0.15) is 19.3 Å². The van der Waals surface area contributed by atoms with E-state index >= 15 is 0 Å². The number of nitrogens with one attached hydrogen (secondary N) is 3. The first kappa shape index (κ1) is 25.9. The first-order valence-corrected chi connectivity index (χ1v) is 12.6. The summed E-state index contributed by atoms with van der Waals surface area (Å²) in [6.07, 6.45) is 7.20. The quantitative estimate of drug-likeness (QED) is 0.255. The van der Waals surface area contributed by atoms with Gasteiger partial charge in [0.25, 0.3) is 0 Å². The van der Waals surface area contributed by atoms with Gasteiger partial charge in [-0.05, 0) is 55.3 Å². The third kappa shape index (κ3) is 11.4. The molecule has 0 aromatic carbocycles. The summed E-state index contributed by atoms with van der Waals surface area (Å²) in [6, 6.07) is -2.59. The van der Waals surface area contributed by atoms with E-state index in [-0.39, 0.29) is 0 Å². The fraction of sp³-hybridized carbons (Fsp3) is 0.750. The fourth-order valence-corrected chi connectivity index (χ4v) is 3.56. The van der Waals surface area contributed by atoms with Gasteiger partial charge in [-0.1, -0.05) is 0 Å². The lowest BCUT2D eigenvalue weighted by Crippen LogP contribution is -2.55. The Hall–Kier alpha value is -1.07. The summed E-state index contributed by atoms with van der Waals surface area (Å²) in [5.74, 6) is -0.186. The van der Waals surface area contributed by atoms with E-state index in [2.05, 4.69) is 16.0 Å². The van der Waals surface area contributed by atoms with Gasteiger partial charge in [-0.25, -0.2) is 4.79 Å². The number of thioether (sulfide) groups is 3. The van der Waals surface area contributed by atoms with Crippen LogP contribution in [-0.4, -0.2) is 83.5 Å². The predicted molar refractivity (Wildman–Crippen MR) is 113 cm³/mol. The largest absolute Gasteiger partial charge is 0.480 e. The van der Waals surface area contributed by atoms with Crippen molar-refractivity contribution in [2.24, 2.45) is 0 Å². The zero-order valence-corrected chi connectivity index (χ0v) is 18.3. The van der Waals surface area contributed by atoms with Crippen LogP contribution < -0.4 is 16.0 Å². The van der Waals surface area contributed by atoms with Gasteiger partial charge in [0.2, 0.25) is 18.2 Å². The van der Waals surface area contributed by atoms with Crippen molar-refractivity contribution >= 4 is 59.5 Å². The lowest BCUT2D eigenvalue weighted by molar-refractivity contribution is -0.142. The summed E-state index contributed by atoms with van der Waals surface area (Å²) >= 11 is 4.56. The van der Waals surface area contributed by atoms with E-state index in [0.29, 0.717) is 42.9 Å². The molecule has 0 rings (SSSR count). The molecule has 11 heteroatoms. The molecule has 0 fully saturated rings. The Morgan fingerprint density at radius 3 is 1.67 bits per heavy atom. The number of carbonyl (C=O) groups excluding carboxylic acids is 3. The molecule has 0 aromatic heterocycles. The fourth-order valence-electron chi connectivity index (χ4n) is 2.15. The van der Waals surface area contributed by atoms with Gasteiger partial charge in [-0.3, -0.25) is 14.4 Å². The molecule has 0 radical (unpaired) electrons. The lowest BCUT2D eigenvalue weighted by atomic mass is 10.1. The summed E-state index contributed by atoms with van der Waals surface area (Å²) in [5, 5.41) is 16.9. The van der Waals surface area contributed by atoms with Crippen molar-refractivity contribution in [3.63, 3.8) is 0 Å². The molecule has 3 amide bonds. The van der Waals surface area contributed by atoms with Gasteiger partial charge in [0.1, 0.15) is 18.1 Å². The van der Waals surface area contributed by atoms with Crippen LogP contribution in [0.3, 0.4) is 0 Å². The van der Waals surface area contributed by atoms with Gasteiger partial charge in [-0.15, -0.1) is 0 Å². The molecule has 0 spiro atoms. The van der Waals surface area contributed by atoms with Crippen LogP contribution in [0.4, 0.5) is 0 Å². The number of carbonyl (C=O) groups is 4. The van der Waals surface area contributed by atoms with Crippen molar-refractivity contribution in [1.82, 2.24) is 16.0 Å². The molecule has 4 N–H and O–H groups in total. The van der Waals surface area contributed by atoms with Gasteiger partial charge < -0.3 is 21.1 Å². The van der Waals surface area contributed by atoms with Gasteiger partial charge >= 0.3 is 5.97 Å². The Morgan fingerprint density at radius 1 is 0.815 bits per heavy atom. The minimum absolute atomic E-state index is 0.300. The zero-order valence-electron chi connectivity index (χ0n) is 15.9. The molecule has 0 heterocycles. The van der Waals surface area contributed by atoms with Crippen molar-refractivity contribution < 1.29 is 24.3 Å². The highest BCUT2D eigenvalue weighted by Gasteiger charge is 2.28. The number of hydrogen-bond acceptors (Lipinski definition) is 7. The van der Waals surface area contributed by atoms with Crippen molar-refractivity contribution in [1.29, 1.82) is 0 Å². The number of carboxylic acids is 1. The molecule has 0 unspecified atom stereocenters. The molecule has 8 nitrogen and oxygen atoms in total. The van der Waals surface area contributed by atoms with E-state index in [0.717, 1.165) is 0 Å². The maximum Gasteiger partial charge on any atom is 0.326 e. The van der Waals surface area contributed by atoms with Gasteiger partial charge in [0.15, 0.2) is 0 Å². The van der Waals surface area contributed by atoms with Crippen molar-refractivity contribution in [2.75, 3.05) is 36.0 Å². The van der Waals surface area contributed by atoms with Crippen LogP contribution in [0, 0.1) is 0 Å². The monoisotopic (exact) mass is 439 g/mol. The van der Waals surface area contributed by atoms with E-state index in [1.165, 1.54) is 23.5 Å². The average molecular weight is 440 g/mol. The Labute approximate surface area is 173 Å². The maximum absolute atomic E-state index is 12.6. The van der Waals surface area contributed by atoms with E-state index in [9.17, 15) is 24.3 Å². The summed E-state index contributed by atoms with van der Waals surface area (Å²) in [4.78, 5) is 47.1. The summed E-state index contributed by atoms with van der Waals surface area (Å²) in [6.45, 7) is 0. The molecule has 0 saturated heterocycles. The Morgan fingerprint density at radius 2 is 1.22 bits per heavy atom. The molecular formula is C16H29N3O5S3. The summed E-state index contributed by atoms with van der Waals surface area (Å²) in [5.41, 5.74) is 0. The number of amides is 3. The first-order valence-electron chi connectivity index (χ1n) is 8.41. The minimum Gasteiger partial charge on any atom is -0.480 e. The highest BCUT2D eigenvalue weighted by molar-refractivity contribution is 7.98. The summed E-state index contributed by atoms with van der Waals surface area (Å²) in [7, 11) is 0. The van der Waals surface area contributed by atoms with Crippen molar-refractivity contribution in [2.45, 2.75) is 37.4 Å². The molecule has 3 atom stereocenters. The van der Waals surface area contributed by atoms with Gasteiger partial charge in [0, 0.05) is 0 Å². The second kappa shape index (κ2) is 15.9. The number of hydrogen-bond donors (Lipinski definition) is 4. The van der Waals surface area contributed by atoms with E-state index < -0.39 is 35.9 Å². The maximum atomic E-state index is 12.6. The molecular weight excluding hydrogens is 410 g/mol. The van der Waals surface area contributed by atoms with Crippen molar-refractivity contribution in [3.05, 3.63) is 0 Å². The molecule has 0 aliphatic carbocycles. The highest BCUT2D eigenvalue weighted by Crippen LogP contribution is 2.07. The number of aliphatic carboxylic acids is 1. The summed E-state index contributed by atoms with van der Waals surface area (Å²) < 4.78 is 0. The topological polar surface area (TPSA) is 125 Å². The Kier molecular flexibility index (Phi) is 15.3.